The largest absolute Gasteiger partial charge is 0.314 e. The predicted molar refractivity (Wildman–Crippen MR) is 58.3 cm³/mol. The second-order valence-corrected chi connectivity index (χ2v) is 5.33. The third kappa shape index (κ3) is 1.59. The molecule has 1 N–H and O–H groups in total. The first kappa shape index (κ1) is 9.17. The Kier molecular flexibility index (Phi) is 2.50. The normalized spacial score (nSPS) is 40.3. The van der Waals surface area contributed by atoms with E-state index in [1.165, 1.54) is 58.2 Å². The highest BCUT2D eigenvalue weighted by Gasteiger charge is 2.35. The van der Waals surface area contributed by atoms with Crippen LogP contribution in [0.5, 0.6) is 0 Å². The van der Waals surface area contributed by atoms with Gasteiger partial charge in [-0.3, -0.25) is 4.90 Å². The summed E-state index contributed by atoms with van der Waals surface area (Å²) in [6.07, 6.45) is 8.74. The van der Waals surface area contributed by atoms with Crippen LogP contribution in [0, 0.1) is 5.92 Å². The minimum atomic E-state index is 0.868. The fourth-order valence-electron chi connectivity index (χ4n) is 3.68. The second kappa shape index (κ2) is 3.82. The van der Waals surface area contributed by atoms with E-state index < -0.39 is 0 Å². The van der Waals surface area contributed by atoms with Gasteiger partial charge in [-0.1, -0.05) is 12.8 Å². The highest BCUT2D eigenvalue weighted by atomic mass is 15.2. The number of hydrogen-bond acceptors (Lipinski definition) is 2. The van der Waals surface area contributed by atoms with Gasteiger partial charge in [0, 0.05) is 18.6 Å². The molecule has 14 heavy (non-hydrogen) atoms. The summed E-state index contributed by atoms with van der Waals surface area (Å²) in [5, 5.41) is 3.64. The van der Waals surface area contributed by atoms with Crippen molar-refractivity contribution in [3.05, 3.63) is 0 Å². The zero-order valence-electron chi connectivity index (χ0n) is 9.04. The van der Waals surface area contributed by atoms with Gasteiger partial charge >= 0.3 is 0 Å². The van der Waals surface area contributed by atoms with Gasteiger partial charge in [0.15, 0.2) is 0 Å². The maximum Gasteiger partial charge on any atom is 0.0120 e. The van der Waals surface area contributed by atoms with Gasteiger partial charge in [0.2, 0.25) is 0 Å². The Balaban J connectivity index is 1.60. The molecule has 3 aliphatic rings. The smallest absolute Gasteiger partial charge is 0.0120 e. The average Bonchev–Trinajstić information content (AvgIpc) is 2.88. The highest BCUT2D eigenvalue weighted by Crippen LogP contribution is 2.30. The van der Waals surface area contributed by atoms with Crippen LogP contribution in [-0.4, -0.2) is 36.6 Å². The van der Waals surface area contributed by atoms with Crippen LogP contribution in [0.15, 0.2) is 0 Å². The van der Waals surface area contributed by atoms with E-state index in [4.69, 9.17) is 0 Å². The second-order valence-electron chi connectivity index (χ2n) is 5.33. The Labute approximate surface area is 87.0 Å². The molecule has 0 bridgehead atoms. The molecule has 3 rings (SSSR count). The van der Waals surface area contributed by atoms with E-state index in [0.29, 0.717) is 0 Å². The Morgan fingerprint density at radius 1 is 1.00 bits per heavy atom. The molecular weight excluding hydrogens is 172 g/mol. The molecule has 0 amide bonds. The van der Waals surface area contributed by atoms with Crippen molar-refractivity contribution in [3.8, 4) is 0 Å². The van der Waals surface area contributed by atoms with Gasteiger partial charge in [-0.25, -0.2) is 0 Å². The van der Waals surface area contributed by atoms with Crippen LogP contribution in [0.1, 0.15) is 38.5 Å². The Hall–Kier alpha value is -0.0800. The van der Waals surface area contributed by atoms with Gasteiger partial charge in [0.1, 0.15) is 0 Å². The molecule has 0 aromatic carbocycles. The first-order valence-electron chi connectivity index (χ1n) is 6.41. The molecule has 0 spiro atoms. The van der Waals surface area contributed by atoms with E-state index in [-0.39, 0.29) is 0 Å². The molecule has 2 nitrogen and oxygen atoms in total. The number of nitrogens with zero attached hydrogens (tertiary/aromatic N) is 1. The molecule has 2 heteroatoms. The van der Waals surface area contributed by atoms with Crippen LogP contribution in [0.25, 0.3) is 0 Å². The van der Waals surface area contributed by atoms with Gasteiger partial charge in [-0.05, 0) is 44.7 Å². The predicted octanol–water partition coefficient (Wildman–Crippen LogP) is 1.61. The van der Waals surface area contributed by atoms with Crippen LogP contribution in [0.3, 0.4) is 0 Å². The molecule has 2 saturated heterocycles. The number of hydrogen-bond donors (Lipinski definition) is 1. The van der Waals surface area contributed by atoms with Crippen molar-refractivity contribution >= 4 is 0 Å². The van der Waals surface area contributed by atoms with Crippen LogP contribution in [-0.2, 0) is 0 Å². The molecule has 2 heterocycles. The van der Waals surface area contributed by atoms with Crippen LogP contribution < -0.4 is 5.32 Å². The van der Waals surface area contributed by atoms with Gasteiger partial charge in [0.05, 0.1) is 0 Å². The summed E-state index contributed by atoms with van der Waals surface area (Å²) >= 11 is 0. The van der Waals surface area contributed by atoms with Crippen molar-refractivity contribution in [1.82, 2.24) is 10.2 Å². The average molecular weight is 194 g/mol. The Morgan fingerprint density at radius 3 is 2.71 bits per heavy atom. The zero-order valence-corrected chi connectivity index (χ0v) is 9.04. The van der Waals surface area contributed by atoms with E-state index in [2.05, 4.69) is 10.2 Å². The van der Waals surface area contributed by atoms with E-state index in [1.807, 2.05) is 0 Å². The molecule has 0 aromatic heterocycles. The standard InChI is InChI=1S/C12H22N2/c1-2-4-11(3-1)14-8-6-12-10(9-14)5-7-13-12/h10-13H,1-9H2. The van der Waals surface area contributed by atoms with Crippen LogP contribution in [0.2, 0.25) is 0 Å². The highest BCUT2D eigenvalue weighted by molar-refractivity contribution is 4.92. The van der Waals surface area contributed by atoms with E-state index in [9.17, 15) is 0 Å². The molecule has 2 atom stereocenters. The molecule has 2 unspecified atom stereocenters. The van der Waals surface area contributed by atoms with Crippen molar-refractivity contribution in [2.45, 2.75) is 50.6 Å². The number of fused-ring (bicyclic) bond motifs is 1. The molecule has 1 saturated carbocycles. The molecule has 3 fully saturated rings. The minimum absolute atomic E-state index is 0.868. The lowest BCUT2D eigenvalue weighted by Gasteiger charge is -2.38. The number of nitrogens with one attached hydrogen (secondary N) is 1. The number of rotatable bonds is 1. The lowest BCUT2D eigenvalue weighted by molar-refractivity contribution is 0.116. The van der Waals surface area contributed by atoms with Gasteiger partial charge in [0.25, 0.3) is 0 Å². The summed E-state index contributed by atoms with van der Waals surface area (Å²) in [6.45, 7) is 4.02. The first-order chi connectivity index (χ1) is 6.93. The summed E-state index contributed by atoms with van der Waals surface area (Å²) in [5.41, 5.74) is 0. The lowest BCUT2D eigenvalue weighted by Crippen LogP contribution is -2.47. The van der Waals surface area contributed by atoms with Crippen LogP contribution >= 0.6 is 0 Å². The summed E-state index contributed by atoms with van der Waals surface area (Å²) in [7, 11) is 0. The fraction of sp³-hybridized carbons (Fsp3) is 1.00. The summed E-state index contributed by atoms with van der Waals surface area (Å²) < 4.78 is 0. The number of piperidine rings is 1. The third-order valence-electron chi connectivity index (χ3n) is 4.53. The molecule has 1 aliphatic carbocycles. The molecule has 0 radical (unpaired) electrons. The molecule has 80 valence electrons. The van der Waals surface area contributed by atoms with Gasteiger partial charge in [-0.2, -0.15) is 0 Å². The topological polar surface area (TPSA) is 15.3 Å². The van der Waals surface area contributed by atoms with E-state index in [0.717, 1.165) is 18.0 Å². The van der Waals surface area contributed by atoms with Crippen molar-refractivity contribution in [3.63, 3.8) is 0 Å². The lowest BCUT2D eigenvalue weighted by atomic mass is 9.92. The summed E-state index contributed by atoms with van der Waals surface area (Å²) in [5.74, 6) is 0.976. The molecular formula is C12H22N2. The quantitative estimate of drug-likeness (QED) is 0.682. The third-order valence-corrected chi connectivity index (χ3v) is 4.53. The molecule has 0 aromatic rings. The Bertz CT molecular complexity index is 198. The van der Waals surface area contributed by atoms with Crippen molar-refractivity contribution < 1.29 is 0 Å². The first-order valence-corrected chi connectivity index (χ1v) is 6.41. The van der Waals surface area contributed by atoms with Gasteiger partial charge < -0.3 is 5.32 Å². The van der Waals surface area contributed by atoms with Gasteiger partial charge in [-0.15, -0.1) is 0 Å². The van der Waals surface area contributed by atoms with Crippen molar-refractivity contribution in [1.29, 1.82) is 0 Å². The maximum atomic E-state index is 3.64. The summed E-state index contributed by atoms with van der Waals surface area (Å²) in [4.78, 5) is 2.79. The van der Waals surface area contributed by atoms with Crippen LogP contribution in [0.4, 0.5) is 0 Å². The monoisotopic (exact) mass is 194 g/mol. The SMILES string of the molecule is C1CCC(N2CCC3NCCC3C2)C1. The molecule has 2 aliphatic heterocycles. The summed E-state index contributed by atoms with van der Waals surface area (Å²) in [6, 6.07) is 1.82. The van der Waals surface area contributed by atoms with E-state index in [1.54, 1.807) is 0 Å². The zero-order chi connectivity index (χ0) is 9.38. The van der Waals surface area contributed by atoms with Crippen molar-refractivity contribution in [2.24, 2.45) is 5.92 Å². The maximum absolute atomic E-state index is 3.64. The number of likely N-dealkylation sites (tertiary alicyclic amines) is 1. The van der Waals surface area contributed by atoms with Crippen molar-refractivity contribution in [2.75, 3.05) is 19.6 Å². The fourth-order valence-corrected chi connectivity index (χ4v) is 3.68. The van der Waals surface area contributed by atoms with E-state index >= 15 is 0 Å². The minimum Gasteiger partial charge on any atom is -0.314 e. The Morgan fingerprint density at radius 2 is 1.86 bits per heavy atom.